The molecule has 0 bridgehead atoms. The zero-order chi connectivity index (χ0) is 30.0. The number of ether oxygens (including phenoxy) is 6. The Labute approximate surface area is 240 Å². The minimum absolute atomic E-state index is 0.0384. The van der Waals surface area contributed by atoms with Crippen LogP contribution in [0.5, 0.6) is 0 Å². The van der Waals surface area contributed by atoms with Gasteiger partial charge in [-0.2, -0.15) is 0 Å². The van der Waals surface area contributed by atoms with Crippen LogP contribution in [-0.2, 0) is 32.8 Å². The third-order valence-electron chi connectivity index (χ3n) is 8.42. The highest BCUT2D eigenvalue weighted by atomic mass is 28.4. The first-order valence-corrected chi connectivity index (χ1v) is 17.1. The van der Waals surface area contributed by atoms with E-state index in [1.165, 1.54) is 0 Å². The van der Waals surface area contributed by atoms with Crippen LogP contribution >= 0.6 is 0 Å². The highest BCUT2D eigenvalue weighted by molar-refractivity contribution is 6.74. The van der Waals surface area contributed by atoms with Crippen molar-refractivity contribution in [2.24, 2.45) is 11.8 Å². The van der Waals surface area contributed by atoms with Gasteiger partial charge >= 0.3 is 0 Å². The van der Waals surface area contributed by atoms with E-state index in [0.29, 0.717) is 5.92 Å². The standard InChI is InChI=1S/C31H58O7Si/c1-15-24(32-8)22(3)19-20-25(38-39(13,14)31(5,6)7)21(2)17-16-18-23(4)26-27(33-9)28(34-10)29(35-11)30(36-12)37-26/h16-22,24-30H,15H2,1-14H3/b17-16+,20-19+,23-18+/t21-,22-,24-,25?,26+,27+,28-,29+,30-/m0/s1. The predicted octanol–water partition coefficient (Wildman–Crippen LogP) is 6.55. The van der Waals surface area contributed by atoms with Crippen molar-refractivity contribution in [1.29, 1.82) is 0 Å². The van der Waals surface area contributed by atoms with Crippen LogP contribution in [0.2, 0.25) is 18.1 Å². The van der Waals surface area contributed by atoms with E-state index >= 15 is 0 Å². The van der Waals surface area contributed by atoms with E-state index in [1.807, 2.05) is 6.92 Å². The van der Waals surface area contributed by atoms with Crippen LogP contribution < -0.4 is 0 Å². The van der Waals surface area contributed by atoms with Crippen molar-refractivity contribution in [3.8, 4) is 0 Å². The monoisotopic (exact) mass is 570 g/mol. The lowest BCUT2D eigenvalue weighted by molar-refractivity contribution is -0.295. The third-order valence-corrected chi connectivity index (χ3v) is 12.9. The van der Waals surface area contributed by atoms with Crippen molar-refractivity contribution in [3.05, 3.63) is 36.0 Å². The van der Waals surface area contributed by atoms with Gasteiger partial charge in [0.15, 0.2) is 14.6 Å². The van der Waals surface area contributed by atoms with Crippen LogP contribution in [0, 0.1) is 11.8 Å². The molecule has 0 aliphatic carbocycles. The van der Waals surface area contributed by atoms with Crippen molar-refractivity contribution >= 4 is 8.32 Å². The molecule has 9 atom stereocenters. The molecule has 1 unspecified atom stereocenters. The number of allylic oxidation sites excluding steroid dienone is 2. The van der Waals surface area contributed by atoms with Gasteiger partial charge in [-0.15, -0.1) is 0 Å². The maximum absolute atomic E-state index is 6.90. The van der Waals surface area contributed by atoms with Crippen LogP contribution in [0.3, 0.4) is 0 Å². The van der Waals surface area contributed by atoms with Crippen LogP contribution in [0.4, 0.5) is 0 Å². The summed E-state index contributed by atoms with van der Waals surface area (Å²) in [7, 11) is 6.36. The summed E-state index contributed by atoms with van der Waals surface area (Å²) in [6, 6.07) is 0. The summed E-state index contributed by atoms with van der Waals surface area (Å²) in [6.45, 7) is 20.0. The molecular weight excluding hydrogens is 512 g/mol. The van der Waals surface area contributed by atoms with Gasteiger partial charge in [0.2, 0.25) is 0 Å². The van der Waals surface area contributed by atoms with Crippen LogP contribution in [0.1, 0.15) is 54.9 Å². The first-order chi connectivity index (χ1) is 18.2. The molecule has 1 rings (SSSR count). The molecule has 8 heteroatoms. The summed E-state index contributed by atoms with van der Waals surface area (Å²) in [5.41, 5.74) is 1.01. The maximum Gasteiger partial charge on any atom is 0.192 e. The highest BCUT2D eigenvalue weighted by Crippen LogP contribution is 2.38. The molecule has 1 saturated heterocycles. The minimum atomic E-state index is -1.99. The molecule has 0 aromatic carbocycles. The second-order valence-corrected chi connectivity index (χ2v) is 16.9. The Balaban J connectivity index is 3.21. The molecule has 0 amide bonds. The normalized spacial score (nSPS) is 28.7. The van der Waals surface area contributed by atoms with E-state index in [0.717, 1.165) is 12.0 Å². The van der Waals surface area contributed by atoms with Crippen molar-refractivity contribution in [1.82, 2.24) is 0 Å². The van der Waals surface area contributed by atoms with Gasteiger partial charge in [-0.05, 0) is 37.0 Å². The van der Waals surface area contributed by atoms with Gasteiger partial charge in [-0.1, -0.05) is 71.9 Å². The Kier molecular flexibility index (Phi) is 15.4. The molecule has 0 saturated carbocycles. The summed E-state index contributed by atoms with van der Waals surface area (Å²) >= 11 is 0. The van der Waals surface area contributed by atoms with Crippen molar-refractivity contribution in [2.75, 3.05) is 35.5 Å². The van der Waals surface area contributed by atoms with Gasteiger partial charge in [-0.3, -0.25) is 0 Å². The molecule has 1 aliphatic rings. The van der Waals surface area contributed by atoms with E-state index < -0.39 is 20.7 Å². The number of rotatable bonds is 15. The van der Waals surface area contributed by atoms with Crippen LogP contribution in [0.25, 0.3) is 0 Å². The molecule has 1 heterocycles. The van der Waals surface area contributed by atoms with E-state index in [1.54, 1.807) is 35.5 Å². The molecule has 0 spiro atoms. The minimum Gasteiger partial charge on any atom is -0.410 e. The Bertz CT molecular complexity index is 784. The molecule has 0 aromatic heterocycles. The maximum atomic E-state index is 6.90. The lowest BCUT2D eigenvalue weighted by atomic mass is 9.93. The molecule has 1 fully saturated rings. The summed E-state index contributed by atoms with van der Waals surface area (Å²) < 4.78 is 41.6. The second-order valence-electron chi connectivity index (χ2n) is 12.2. The van der Waals surface area contributed by atoms with Gasteiger partial charge in [0.25, 0.3) is 0 Å². The fourth-order valence-electron chi connectivity index (χ4n) is 4.73. The summed E-state index contributed by atoms with van der Waals surface area (Å²) in [5, 5.41) is 0.118. The topological polar surface area (TPSA) is 64.6 Å². The Morgan fingerprint density at radius 3 is 1.90 bits per heavy atom. The van der Waals surface area contributed by atoms with Gasteiger partial charge in [0.1, 0.15) is 24.4 Å². The Hall–Kier alpha value is -0.843. The summed E-state index contributed by atoms with van der Waals surface area (Å²) in [5.74, 6) is 0.465. The van der Waals surface area contributed by atoms with Gasteiger partial charge < -0.3 is 32.8 Å². The first-order valence-electron chi connectivity index (χ1n) is 14.2. The fraction of sp³-hybridized carbons (Fsp3) is 0.806. The van der Waals surface area contributed by atoms with Crippen molar-refractivity contribution in [3.63, 3.8) is 0 Å². The van der Waals surface area contributed by atoms with Gasteiger partial charge in [-0.25, -0.2) is 0 Å². The molecule has 39 heavy (non-hydrogen) atoms. The van der Waals surface area contributed by atoms with Crippen molar-refractivity contribution < 1.29 is 32.8 Å². The molecule has 0 radical (unpaired) electrons. The Morgan fingerprint density at radius 1 is 0.846 bits per heavy atom. The third kappa shape index (κ3) is 9.89. The number of methoxy groups -OCH3 is 5. The van der Waals surface area contributed by atoms with E-state index in [9.17, 15) is 0 Å². The molecule has 228 valence electrons. The van der Waals surface area contributed by atoms with Crippen LogP contribution in [-0.4, -0.2) is 86.8 Å². The first kappa shape index (κ1) is 36.2. The lowest BCUT2D eigenvalue weighted by Gasteiger charge is -2.44. The van der Waals surface area contributed by atoms with E-state index in [2.05, 4.69) is 85.0 Å². The highest BCUT2D eigenvalue weighted by Gasteiger charge is 2.47. The molecule has 1 aliphatic heterocycles. The quantitative estimate of drug-likeness (QED) is 0.126. The smallest absolute Gasteiger partial charge is 0.192 e. The van der Waals surface area contributed by atoms with E-state index in [4.69, 9.17) is 32.8 Å². The zero-order valence-corrected chi connectivity index (χ0v) is 28.1. The fourth-order valence-corrected chi connectivity index (χ4v) is 6.06. The molecule has 0 N–H and O–H groups in total. The van der Waals surface area contributed by atoms with Crippen molar-refractivity contribution in [2.45, 2.75) is 116 Å². The summed E-state index contributed by atoms with van der Waals surface area (Å²) in [4.78, 5) is 0. The molecule has 7 nitrogen and oxygen atoms in total. The SMILES string of the molecule is CC[C@H](OC)[C@@H](C)/C=C/C(O[Si](C)(C)C(C)(C)C)[C@@H](C)/C=C/C=C(\C)[C@H]1O[C@H](OC)[C@H](OC)[C@@H](OC)[C@@H]1OC. The average molecular weight is 571 g/mol. The largest absolute Gasteiger partial charge is 0.410 e. The zero-order valence-electron chi connectivity index (χ0n) is 27.1. The predicted molar refractivity (Wildman–Crippen MR) is 162 cm³/mol. The van der Waals surface area contributed by atoms with Gasteiger partial charge in [0, 0.05) is 47.4 Å². The Morgan fingerprint density at radius 2 is 1.44 bits per heavy atom. The number of hydrogen-bond acceptors (Lipinski definition) is 7. The second kappa shape index (κ2) is 16.6. The molecular formula is C31H58O7Si. The summed E-state index contributed by atoms with van der Waals surface area (Å²) in [6.07, 6.45) is 10.0. The van der Waals surface area contributed by atoms with Crippen LogP contribution in [0.15, 0.2) is 36.0 Å². The molecule has 0 aromatic rings. The van der Waals surface area contributed by atoms with E-state index in [-0.39, 0.29) is 41.5 Å². The number of hydrogen-bond donors (Lipinski definition) is 0. The van der Waals surface area contributed by atoms with Gasteiger partial charge in [0.05, 0.1) is 12.2 Å². The average Bonchev–Trinajstić information content (AvgIpc) is 2.89. The lowest BCUT2D eigenvalue weighted by Crippen LogP contribution is -2.60.